The largest absolute Gasteiger partial charge is 0.393 e. The molecule has 1 saturated heterocycles. The van der Waals surface area contributed by atoms with Crippen LogP contribution in [0.3, 0.4) is 0 Å². The normalized spacial score (nSPS) is 41.7. The summed E-state index contributed by atoms with van der Waals surface area (Å²) in [5.74, 6) is -0.366. The number of hydrogen-bond donors (Lipinski definition) is 2. The number of halogens is 1. The van der Waals surface area contributed by atoms with Gasteiger partial charge in [-0.05, 0) is 19.4 Å². The summed E-state index contributed by atoms with van der Waals surface area (Å²) in [5.41, 5.74) is -3.00. The van der Waals surface area contributed by atoms with Crippen LogP contribution in [0.15, 0.2) is 17.1 Å². The Morgan fingerprint density at radius 1 is 1.78 bits per heavy atom. The first kappa shape index (κ1) is 12.0. The molecule has 1 aliphatic heterocycles. The second-order valence-corrected chi connectivity index (χ2v) is 5.56. The first-order valence-electron chi connectivity index (χ1n) is 5.70. The molecular formula is C11H13FN2O3S. The van der Waals surface area contributed by atoms with Gasteiger partial charge in [-0.2, -0.15) is 0 Å². The summed E-state index contributed by atoms with van der Waals surface area (Å²) in [6.45, 7) is 1.17. The topological polar surface area (TPSA) is 67.2 Å². The van der Waals surface area contributed by atoms with Gasteiger partial charge in [-0.1, -0.05) is 12.2 Å². The average molecular weight is 272 g/mol. The number of nitrogens with zero attached hydrogens (tertiary/aromatic N) is 1. The Bertz CT molecular complexity index is 611. The van der Waals surface area contributed by atoms with E-state index < -0.39 is 23.2 Å². The molecule has 1 aromatic heterocycles. The van der Waals surface area contributed by atoms with Crippen molar-refractivity contribution in [3.05, 3.63) is 27.4 Å². The monoisotopic (exact) mass is 272 g/mol. The minimum atomic E-state index is -1.68. The first-order valence-corrected chi connectivity index (χ1v) is 6.10. The fraction of sp³-hybridized carbons (Fsp3) is 0.636. The van der Waals surface area contributed by atoms with Gasteiger partial charge in [-0.25, -0.2) is 9.18 Å². The summed E-state index contributed by atoms with van der Waals surface area (Å²) in [6.07, 6.45) is 0.882. The van der Waals surface area contributed by atoms with Gasteiger partial charge in [0.25, 0.3) is 0 Å². The smallest absolute Gasteiger partial charge is 0.328 e. The summed E-state index contributed by atoms with van der Waals surface area (Å²) in [6, 6.07) is 1.51. The van der Waals surface area contributed by atoms with E-state index in [2.05, 4.69) is 4.98 Å². The Morgan fingerprint density at radius 3 is 3.06 bits per heavy atom. The van der Waals surface area contributed by atoms with Gasteiger partial charge in [0.1, 0.15) is 10.2 Å². The maximum atomic E-state index is 14.7. The lowest BCUT2D eigenvalue weighted by Gasteiger charge is -2.26. The van der Waals surface area contributed by atoms with E-state index in [9.17, 15) is 14.3 Å². The Labute approximate surface area is 107 Å². The Kier molecular flexibility index (Phi) is 2.33. The van der Waals surface area contributed by atoms with Crippen LogP contribution in [0.5, 0.6) is 0 Å². The van der Waals surface area contributed by atoms with Crippen LogP contribution in [0.1, 0.15) is 19.6 Å². The van der Waals surface area contributed by atoms with Crippen LogP contribution in [0.2, 0.25) is 0 Å². The molecule has 2 unspecified atom stereocenters. The van der Waals surface area contributed by atoms with Crippen molar-refractivity contribution in [3.63, 3.8) is 0 Å². The van der Waals surface area contributed by atoms with Crippen molar-refractivity contribution >= 4 is 12.2 Å². The average Bonchev–Trinajstić information content (AvgIpc) is 2.98. The van der Waals surface area contributed by atoms with Gasteiger partial charge in [0, 0.05) is 12.1 Å². The van der Waals surface area contributed by atoms with Crippen molar-refractivity contribution in [1.29, 1.82) is 0 Å². The number of nitrogens with one attached hydrogen (secondary N) is 1. The fourth-order valence-corrected chi connectivity index (χ4v) is 2.94. The van der Waals surface area contributed by atoms with E-state index in [0.717, 1.165) is 4.57 Å². The second-order valence-electron chi connectivity index (χ2n) is 5.12. The Hall–Kier alpha value is -1.05. The number of H-pyrrole nitrogens is 1. The molecule has 98 valence electrons. The number of rotatable bonds is 2. The van der Waals surface area contributed by atoms with Crippen LogP contribution in [0.4, 0.5) is 4.39 Å². The molecule has 0 bridgehead atoms. The van der Waals surface area contributed by atoms with E-state index >= 15 is 0 Å². The van der Waals surface area contributed by atoms with Gasteiger partial charge >= 0.3 is 5.69 Å². The zero-order chi connectivity index (χ0) is 13.1. The highest BCUT2D eigenvalue weighted by atomic mass is 32.1. The molecular weight excluding hydrogens is 259 g/mol. The number of aliphatic hydroxyl groups is 1. The van der Waals surface area contributed by atoms with E-state index in [-0.39, 0.29) is 17.2 Å². The third-order valence-electron chi connectivity index (χ3n) is 3.91. The molecule has 2 aliphatic rings. The number of aromatic nitrogens is 2. The van der Waals surface area contributed by atoms with E-state index in [4.69, 9.17) is 17.0 Å². The highest BCUT2D eigenvalue weighted by Crippen LogP contribution is 2.65. The molecule has 0 amide bonds. The maximum Gasteiger partial charge on any atom is 0.328 e. The summed E-state index contributed by atoms with van der Waals surface area (Å²) in [7, 11) is 0. The zero-order valence-electron chi connectivity index (χ0n) is 9.72. The van der Waals surface area contributed by atoms with Crippen LogP contribution in [0.25, 0.3) is 0 Å². The van der Waals surface area contributed by atoms with Crippen molar-refractivity contribution in [2.75, 3.05) is 6.61 Å². The molecule has 2 fully saturated rings. The molecule has 7 heteroatoms. The number of hydrogen-bond acceptors (Lipinski definition) is 4. The molecule has 3 rings (SSSR count). The van der Waals surface area contributed by atoms with Crippen molar-refractivity contribution in [3.8, 4) is 0 Å². The van der Waals surface area contributed by atoms with Crippen molar-refractivity contribution in [2.45, 2.75) is 30.8 Å². The lowest BCUT2D eigenvalue weighted by Crippen LogP contribution is -2.38. The molecule has 2 N–H and O–H groups in total. The molecule has 0 aromatic carbocycles. The molecule has 5 nitrogen and oxygen atoms in total. The van der Waals surface area contributed by atoms with Gasteiger partial charge in [0.2, 0.25) is 0 Å². The number of ether oxygens (including phenoxy) is 1. The molecule has 18 heavy (non-hydrogen) atoms. The number of aromatic amines is 1. The van der Waals surface area contributed by atoms with Crippen molar-refractivity contribution < 1.29 is 14.2 Å². The predicted molar refractivity (Wildman–Crippen MR) is 63.4 cm³/mol. The van der Waals surface area contributed by atoms with Crippen molar-refractivity contribution in [2.24, 2.45) is 5.92 Å². The van der Waals surface area contributed by atoms with E-state index in [1.807, 2.05) is 0 Å². The molecule has 1 aliphatic carbocycles. The third-order valence-corrected chi connectivity index (χ3v) is 4.14. The number of aliphatic hydroxyl groups excluding tert-OH is 1. The van der Waals surface area contributed by atoms with Gasteiger partial charge in [0.05, 0.1) is 6.61 Å². The van der Waals surface area contributed by atoms with E-state index in [1.165, 1.54) is 19.2 Å². The lowest BCUT2D eigenvalue weighted by atomic mass is 10.0. The standard InChI is InChI=1S/C11H13FN2O3S/c1-10(12)6-4-11(6,5-15)17-8(10)14-3-2-7(18)13-9(14)16/h2-3,6,8,15H,4-5H2,1H3,(H,13,16,18)/t6?,8-,10?,11-/m1/s1. The number of fused-ring (bicyclic) bond motifs is 1. The van der Waals surface area contributed by atoms with Crippen molar-refractivity contribution in [1.82, 2.24) is 9.55 Å². The van der Waals surface area contributed by atoms with Crippen LogP contribution in [0, 0.1) is 10.6 Å². The van der Waals surface area contributed by atoms with Crippen LogP contribution < -0.4 is 5.69 Å². The van der Waals surface area contributed by atoms with Crippen LogP contribution in [-0.2, 0) is 4.74 Å². The summed E-state index contributed by atoms with van der Waals surface area (Å²) < 4.78 is 21.7. The Morgan fingerprint density at radius 2 is 2.50 bits per heavy atom. The first-order chi connectivity index (χ1) is 8.40. The molecule has 1 aromatic rings. The van der Waals surface area contributed by atoms with Crippen LogP contribution >= 0.6 is 12.2 Å². The summed E-state index contributed by atoms with van der Waals surface area (Å²) in [5, 5.41) is 9.27. The highest BCUT2D eigenvalue weighted by Gasteiger charge is 2.74. The third kappa shape index (κ3) is 1.44. The van der Waals surface area contributed by atoms with Gasteiger partial charge in [-0.3, -0.25) is 9.55 Å². The quantitative estimate of drug-likeness (QED) is 0.785. The van der Waals surface area contributed by atoms with Crippen LogP contribution in [-0.4, -0.2) is 32.5 Å². The second kappa shape index (κ2) is 3.49. The highest BCUT2D eigenvalue weighted by molar-refractivity contribution is 7.71. The maximum absolute atomic E-state index is 14.7. The minimum Gasteiger partial charge on any atom is -0.393 e. The summed E-state index contributed by atoms with van der Waals surface area (Å²) in [4.78, 5) is 14.2. The molecule has 0 radical (unpaired) electrons. The Balaban J connectivity index is 2.03. The van der Waals surface area contributed by atoms with Gasteiger partial charge < -0.3 is 9.84 Å². The van der Waals surface area contributed by atoms with E-state index in [0.29, 0.717) is 6.42 Å². The zero-order valence-corrected chi connectivity index (χ0v) is 10.5. The lowest BCUT2D eigenvalue weighted by molar-refractivity contribution is -0.102. The fourth-order valence-electron chi connectivity index (χ4n) is 2.79. The summed E-state index contributed by atoms with van der Waals surface area (Å²) >= 11 is 4.82. The minimum absolute atomic E-state index is 0.231. The number of alkyl halides is 1. The van der Waals surface area contributed by atoms with Gasteiger partial charge in [-0.15, -0.1) is 0 Å². The predicted octanol–water partition coefficient (Wildman–Crippen LogP) is 0.914. The molecule has 2 heterocycles. The molecule has 4 atom stereocenters. The molecule has 1 saturated carbocycles. The van der Waals surface area contributed by atoms with E-state index in [1.54, 1.807) is 0 Å². The molecule has 0 spiro atoms. The SMILES string of the molecule is CC1(F)C2C[C@]2(CO)O[C@H]1n1ccc(=S)[nH]c1=O. The van der Waals surface area contributed by atoms with Gasteiger partial charge in [0.15, 0.2) is 11.9 Å².